The van der Waals surface area contributed by atoms with Crippen LogP contribution < -0.4 is 10.6 Å². The maximum Gasteiger partial charge on any atom is 0.141 e. The number of β-amino-alcohol motifs (C(OH)–C–C–N with tert-alkyl or cyclic N) is 1. The molecule has 0 spiro atoms. The SMILES string of the molecule is Nc1c[nH]c2ncc(Br)c(N3CC[C@@H](O)C3)c12. The predicted molar refractivity (Wildman–Crippen MR) is 71.0 cm³/mol. The molecule has 0 aliphatic carbocycles. The molecule has 1 atom stereocenters. The smallest absolute Gasteiger partial charge is 0.141 e. The molecule has 0 unspecified atom stereocenters. The van der Waals surface area contributed by atoms with Crippen LogP contribution in [0.2, 0.25) is 0 Å². The number of aliphatic hydroxyl groups excluding tert-OH is 1. The van der Waals surface area contributed by atoms with Crippen molar-refractivity contribution < 1.29 is 5.11 Å². The number of hydrogen-bond acceptors (Lipinski definition) is 4. The first-order valence-electron chi connectivity index (χ1n) is 5.51. The predicted octanol–water partition coefficient (Wildman–Crippen LogP) is 1.48. The van der Waals surface area contributed by atoms with Crippen LogP contribution in [-0.2, 0) is 0 Å². The fourth-order valence-corrected chi connectivity index (χ4v) is 2.89. The van der Waals surface area contributed by atoms with Crippen molar-refractivity contribution >= 4 is 38.3 Å². The molecule has 90 valence electrons. The van der Waals surface area contributed by atoms with E-state index in [0.717, 1.165) is 34.2 Å². The van der Waals surface area contributed by atoms with E-state index in [1.165, 1.54) is 0 Å². The van der Waals surface area contributed by atoms with E-state index in [9.17, 15) is 5.11 Å². The summed E-state index contributed by atoms with van der Waals surface area (Å²) in [5.74, 6) is 0. The molecule has 1 aliphatic rings. The van der Waals surface area contributed by atoms with Gasteiger partial charge in [-0.25, -0.2) is 4.98 Å². The van der Waals surface area contributed by atoms with E-state index in [-0.39, 0.29) is 6.10 Å². The molecule has 2 aromatic rings. The molecule has 17 heavy (non-hydrogen) atoms. The van der Waals surface area contributed by atoms with E-state index in [2.05, 4.69) is 30.8 Å². The fourth-order valence-electron chi connectivity index (χ4n) is 2.33. The summed E-state index contributed by atoms with van der Waals surface area (Å²) < 4.78 is 0.908. The highest BCUT2D eigenvalue weighted by molar-refractivity contribution is 9.10. The number of nitrogens with zero attached hydrogens (tertiary/aromatic N) is 2. The maximum absolute atomic E-state index is 9.63. The van der Waals surface area contributed by atoms with Crippen molar-refractivity contribution in [2.24, 2.45) is 0 Å². The minimum atomic E-state index is -0.259. The highest BCUT2D eigenvalue weighted by atomic mass is 79.9. The molecule has 1 aliphatic heterocycles. The standard InChI is InChI=1S/C11H13BrN4O/c12-7-3-14-11-9(8(13)4-15-11)10(7)16-2-1-6(17)5-16/h3-4,6,17H,1-2,5,13H2,(H,14,15)/t6-/m1/s1. The minimum absolute atomic E-state index is 0.259. The number of pyridine rings is 1. The molecule has 4 N–H and O–H groups in total. The van der Waals surface area contributed by atoms with E-state index in [1.54, 1.807) is 12.4 Å². The molecule has 3 heterocycles. The van der Waals surface area contributed by atoms with Gasteiger partial charge in [0.15, 0.2) is 0 Å². The molecule has 3 rings (SSSR count). The monoisotopic (exact) mass is 296 g/mol. The van der Waals surface area contributed by atoms with Gasteiger partial charge < -0.3 is 20.7 Å². The summed E-state index contributed by atoms with van der Waals surface area (Å²) >= 11 is 3.51. The quantitative estimate of drug-likeness (QED) is 0.745. The molecule has 0 radical (unpaired) electrons. The summed E-state index contributed by atoms with van der Waals surface area (Å²) in [4.78, 5) is 9.47. The summed E-state index contributed by atoms with van der Waals surface area (Å²) in [6, 6.07) is 0. The van der Waals surface area contributed by atoms with Gasteiger partial charge in [0, 0.05) is 25.5 Å². The first kappa shape index (κ1) is 10.9. The first-order chi connectivity index (χ1) is 8.16. The lowest BCUT2D eigenvalue weighted by atomic mass is 10.2. The van der Waals surface area contributed by atoms with E-state index in [1.807, 2.05) is 0 Å². The number of hydrogen-bond donors (Lipinski definition) is 3. The van der Waals surface area contributed by atoms with E-state index in [4.69, 9.17) is 5.73 Å². The normalized spacial score (nSPS) is 20.4. The molecule has 0 saturated carbocycles. The molecule has 0 bridgehead atoms. The minimum Gasteiger partial charge on any atom is -0.397 e. The summed E-state index contributed by atoms with van der Waals surface area (Å²) in [6.07, 6.45) is 4.05. The number of nitrogens with two attached hydrogens (primary N) is 1. The van der Waals surface area contributed by atoms with Gasteiger partial charge in [-0.3, -0.25) is 0 Å². The molecule has 2 aromatic heterocycles. The number of aromatic amines is 1. The highest BCUT2D eigenvalue weighted by Crippen LogP contribution is 2.37. The van der Waals surface area contributed by atoms with E-state index >= 15 is 0 Å². The lowest BCUT2D eigenvalue weighted by Crippen LogP contribution is -2.22. The number of aliphatic hydroxyl groups is 1. The second kappa shape index (κ2) is 3.89. The summed E-state index contributed by atoms with van der Waals surface area (Å²) in [7, 11) is 0. The largest absolute Gasteiger partial charge is 0.397 e. The Morgan fingerprint density at radius 1 is 1.59 bits per heavy atom. The second-order valence-corrected chi connectivity index (χ2v) is 5.17. The van der Waals surface area contributed by atoms with E-state index < -0.39 is 0 Å². The zero-order valence-corrected chi connectivity index (χ0v) is 10.7. The summed E-state index contributed by atoms with van der Waals surface area (Å²) in [5.41, 5.74) is 8.45. The van der Waals surface area contributed by atoms with Crippen molar-refractivity contribution in [3.63, 3.8) is 0 Å². The number of aromatic nitrogens is 2. The average Bonchev–Trinajstić information content (AvgIpc) is 2.87. The number of rotatable bonds is 1. The van der Waals surface area contributed by atoms with Crippen LogP contribution in [0.1, 0.15) is 6.42 Å². The number of halogens is 1. The molecule has 1 fully saturated rings. The zero-order valence-electron chi connectivity index (χ0n) is 9.15. The van der Waals surface area contributed by atoms with Crippen LogP contribution in [0.4, 0.5) is 11.4 Å². The first-order valence-corrected chi connectivity index (χ1v) is 6.30. The molecule has 5 nitrogen and oxygen atoms in total. The van der Waals surface area contributed by atoms with Crippen molar-refractivity contribution in [3.05, 3.63) is 16.9 Å². The third-order valence-electron chi connectivity index (χ3n) is 3.14. The Hall–Kier alpha value is -1.27. The van der Waals surface area contributed by atoms with Gasteiger partial charge in [-0.2, -0.15) is 0 Å². The lowest BCUT2D eigenvalue weighted by Gasteiger charge is -2.20. The molecular formula is C11H13BrN4O. The fraction of sp³-hybridized carbons (Fsp3) is 0.364. The number of fused-ring (bicyclic) bond motifs is 1. The van der Waals surface area contributed by atoms with Crippen molar-refractivity contribution in [2.75, 3.05) is 23.7 Å². The Balaban J connectivity index is 2.19. The second-order valence-electron chi connectivity index (χ2n) is 4.31. The van der Waals surface area contributed by atoms with Crippen LogP contribution in [0.15, 0.2) is 16.9 Å². The Bertz CT molecular complexity index is 568. The topological polar surface area (TPSA) is 78.2 Å². The Morgan fingerprint density at radius 3 is 3.12 bits per heavy atom. The van der Waals surface area contributed by atoms with Gasteiger partial charge in [-0.05, 0) is 22.4 Å². The molecule has 6 heteroatoms. The van der Waals surface area contributed by atoms with Crippen LogP contribution in [0.5, 0.6) is 0 Å². The Labute approximate surface area is 107 Å². The number of nitrogen functional groups attached to an aromatic ring is 1. The van der Waals surface area contributed by atoms with Crippen LogP contribution in [0.25, 0.3) is 11.0 Å². The Kier molecular flexibility index (Phi) is 2.48. The van der Waals surface area contributed by atoms with Crippen LogP contribution >= 0.6 is 15.9 Å². The van der Waals surface area contributed by atoms with E-state index in [0.29, 0.717) is 12.2 Å². The summed E-state index contributed by atoms with van der Waals surface area (Å²) in [5, 5.41) is 10.6. The average molecular weight is 297 g/mol. The zero-order chi connectivity index (χ0) is 12.0. The van der Waals surface area contributed by atoms with Crippen LogP contribution in [0.3, 0.4) is 0 Å². The highest BCUT2D eigenvalue weighted by Gasteiger charge is 2.25. The third kappa shape index (κ3) is 1.68. The number of H-pyrrole nitrogens is 1. The third-order valence-corrected chi connectivity index (χ3v) is 3.72. The maximum atomic E-state index is 9.63. The molecular weight excluding hydrogens is 284 g/mol. The summed E-state index contributed by atoms with van der Waals surface area (Å²) in [6.45, 7) is 1.48. The van der Waals surface area contributed by atoms with Gasteiger partial charge in [0.25, 0.3) is 0 Å². The number of anilines is 2. The van der Waals surface area contributed by atoms with Crippen LogP contribution in [0, 0.1) is 0 Å². The van der Waals surface area contributed by atoms with Crippen molar-refractivity contribution in [1.82, 2.24) is 9.97 Å². The van der Waals surface area contributed by atoms with Crippen LogP contribution in [-0.4, -0.2) is 34.3 Å². The lowest BCUT2D eigenvalue weighted by molar-refractivity contribution is 0.198. The molecule has 0 amide bonds. The van der Waals surface area contributed by atoms with Gasteiger partial charge in [0.05, 0.1) is 27.3 Å². The van der Waals surface area contributed by atoms with Gasteiger partial charge in [0.1, 0.15) is 5.65 Å². The van der Waals surface area contributed by atoms with Gasteiger partial charge in [0.2, 0.25) is 0 Å². The van der Waals surface area contributed by atoms with Gasteiger partial charge >= 0.3 is 0 Å². The van der Waals surface area contributed by atoms with Crippen molar-refractivity contribution in [3.8, 4) is 0 Å². The van der Waals surface area contributed by atoms with Crippen molar-refractivity contribution in [2.45, 2.75) is 12.5 Å². The van der Waals surface area contributed by atoms with Crippen molar-refractivity contribution in [1.29, 1.82) is 0 Å². The molecule has 1 saturated heterocycles. The van der Waals surface area contributed by atoms with Gasteiger partial charge in [-0.15, -0.1) is 0 Å². The Morgan fingerprint density at radius 2 is 2.41 bits per heavy atom. The van der Waals surface area contributed by atoms with Gasteiger partial charge in [-0.1, -0.05) is 0 Å². The number of nitrogens with one attached hydrogen (secondary N) is 1. The molecule has 0 aromatic carbocycles.